The number of nitrogens with zero attached hydrogens (tertiary/aromatic N) is 4. The third kappa shape index (κ3) is 7.86. The lowest BCUT2D eigenvalue weighted by Crippen LogP contribution is -2.33. The van der Waals surface area contributed by atoms with Gasteiger partial charge in [0.15, 0.2) is 0 Å². The highest BCUT2D eigenvalue weighted by molar-refractivity contribution is 6.09. The Morgan fingerprint density at radius 2 is 1.22 bits per heavy atom. The third-order valence-corrected chi connectivity index (χ3v) is 14.5. The minimum Gasteiger partial charge on any atom is -0.457 e. The molecule has 0 bridgehead atoms. The first-order chi connectivity index (χ1) is 36.7. The molecular formula is C64H64N4O. The summed E-state index contributed by atoms with van der Waals surface area (Å²) in [6.07, 6.45) is 3.83. The van der Waals surface area contributed by atoms with Gasteiger partial charge in [0.25, 0.3) is 0 Å². The fourth-order valence-electron chi connectivity index (χ4n) is 10.4. The molecule has 11 rings (SSSR count). The lowest BCUT2D eigenvalue weighted by molar-refractivity contribution is 0.332. The highest BCUT2D eigenvalue weighted by Crippen LogP contribution is 2.53. The molecule has 5 heteroatoms. The molecule has 0 saturated heterocycles. The quantitative estimate of drug-likeness (QED) is 0.160. The van der Waals surface area contributed by atoms with E-state index in [0.717, 1.165) is 57.8 Å². The third-order valence-electron chi connectivity index (χ3n) is 14.5. The summed E-state index contributed by atoms with van der Waals surface area (Å²) in [4.78, 5) is 9.18. The minimum atomic E-state index is -0.443. The van der Waals surface area contributed by atoms with Gasteiger partial charge in [0.2, 0.25) is 0 Å². The van der Waals surface area contributed by atoms with Crippen LogP contribution in [0.15, 0.2) is 170 Å². The van der Waals surface area contributed by atoms with Gasteiger partial charge in [0.05, 0.1) is 40.4 Å². The van der Waals surface area contributed by atoms with Gasteiger partial charge in [0.1, 0.15) is 24.0 Å². The molecule has 9 aromatic rings. The Labute approximate surface area is 421 Å². The number of para-hydroxylation sites is 3. The van der Waals surface area contributed by atoms with E-state index in [-0.39, 0.29) is 63.5 Å². The van der Waals surface area contributed by atoms with E-state index in [1.54, 1.807) is 6.20 Å². The molecule has 0 saturated carbocycles. The average molecular weight is 914 g/mol. The van der Waals surface area contributed by atoms with Crippen LogP contribution in [0.2, 0.25) is 0 Å². The second-order valence-electron chi connectivity index (χ2n) is 22.2. The van der Waals surface area contributed by atoms with E-state index in [0.29, 0.717) is 51.4 Å². The fourth-order valence-corrected chi connectivity index (χ4v) is 10.4. The van der Waals surface area contributed by atoms with Gasteiger partial charge in [-0.2, -0.15) is 0 Å². The Morgan fingerprint density at radius 3 is 1.96 bits per heavy atom. The lowest BCUT2D eigenvalue weighted by atomic mass is 9.63. The highest BCUT2D eigenvalue weighted by atomic mass is 16.5. The van der Waals surface area contributed by atoms with E-state index < -0.39 is 18.1 Å². The van der Waals surface area contributed by atoms with Crippen LogP contribution in [0, 0.1) is 0 Å². The van der Waals surface area contributed by atoms with Crippen LogP contribution in [0.4, 0.5) is 22.7 Å². The van der Waals surface area contributed by atoms with Crippen LogP contribution in [-0.4, -0.2) is 16.2 Å². The van der Waals surface area contributed by atoms with E-state index in [1.165, 1.54) is 11.1 Å². The zero-order valence-corrected chi connectivity index (χ0v) is 41.3. The summed E-state index contributed by atoms with van der Waals surface area (Å²) in [6, 6.07) is 33.8. The summed E-state index contributed by atoms with van der Waals surface area (Å²) in [5, 5.41) is 1.03. The molecule has 1 aliphatic carbocycles. The molecule has 346 valence electrons. The zero-order valence-electron chi connectivity index (χ0n) is 50.3. The fraction of sp³-hybridized carbons (Fsp3) is 0.266. The first kappa shape index (κ1) is 35.1. The van der Waals surface area contributed by atoms with Crippen molar-refractivity contribution in [3.8, 4) is 39.6 Å². The van der Waals surface area contributed by atoms with E-state index in [9.17, 15) is 2.74 Å². The van der Waals surface area contributed by atoms with E-state index in [2.05, 4.69) is 115 Å². The summed E-state index contributed by atoms with van der Waals surface area (Å²) < 4.78 is 89.3. The molecule has 0 spiro atoms. The monoisotopic (exact) mass is 914 g/mol. The molecule has 1 aliphatic heterocycles. The number of aromatic nitrogens is 2. The topological polar surface area (TPSA) is 33.5 Å². The number of hydrogen-bond acceptors (Lipinski definition) is 4. The molecule has 69 heavy (non-hydrogen) atoms. The maximum absolute atomic E-state index is 9.44. The highest BCUT2D eigenvalue weighted by Gasteiger charge is 2.38. The maximum Gasteiger partial charge on any atom is 0.137 e. The molecule has 0 fully saturated rings. The number of fused-ring (bicyclic) bond motifs is 5. The minimum absolute atomic E-state index is 0.0219. The van der Waals surface area contributed by atoms with Crippen molar-refractivity contribution in [3.63, 3.8) is 0 Å². The Kier molecular flexibility index (Phi) is 8.26. The van der Waals surface area contributed by atoms with Gasteiger partial charge < -0.3 is 14.5 Å². The Hall–Kier alpha value is -7.11. The van der Waals surface area contributed by atoms with Gasteiger partial charge in [-0.25, -0.2) is 4.98 Å². The lowest BCUT2D eigenvalue weighted by Gasteiger charge is -2.42. The van der Waals surface area contributed by atoms with Crippen molar-refractivity contribution >= 4 is 44.6 Å². The van der Waals surface area contributed by atoms with Crippen LogP contribution in [-0.2, 0) is 21.7 Å². The Balaban J connectivity index is 1.07. The molecule has 0 unspecified atom stereocenters. The number of pyridine rings is 1. The first-order valence-corrected chi connectivity index (χ1v) is 24.0. The van der Waals surface area contributed by atoms with Crippen molar-refractivity contribution in [2.75, 3.05) is 16.5 Å². The molecule has 7 aromatic carbocycles. The van der Waals surface area contributed by atoms with E-state index in [1.807, 2.05) is 77.4 Å². The summed E-state index contributed by atoms with van der Waals surface area (Å²) >= 11 is 0. The number of rotatable bonds is 7. The van der Waals surface area contributed by atoms with Gasteiger partial charge in [-0.15, -0.1) is 0 Å². The van der Waals surface area contributed by atoms with Gasteiger partial charge >= 0.3 is 0 Å². The Morgan fingerprint density at radius 1 is 0.551 bits per heavy atom. The van der Waals surface area contributed by atoms with Crippen molar-refractivity contribution in [2.45, 2.75) is 104 Å². The molecule has 2 aromatic heterocycles. The van der Waals surface area contributed by atoms with Crippen molar-refractivity contribution in [3.05, 3.63) is 192 Å². The molecule has 0 N–H and O–H groups in total. The number of anilines is 4. The number of hydrogen-bond donors (Lipinski definition) is 0. The van der Waals surface area contributed by atoms with Crippen molar-refractivity contribution in [1.29, 1.82) is 0 Å². The van der Waals surface area contributed by atoms with Crippen molar-refractivity contribution in [2.24, 2.45) is 0 Å². The van der Waals surface area contributed by atoms with Crippen LogP contribution in [0.25, 0.3) is 49.9 Å². The Bertz CT molecular complexity index is 3950. The van der Waals surface area contributed by atoms with Crippen molar-refractivity contribution in [1.82, 2.24) is 9.55 Å². The zero-order chi connectivity index (χ0) is 55.9. The SMILES string of the molecule is [2H]c1c([2H])c([2H])c(-c2cc(C(C)(C)C)cc(-c3ccc4c(c3)C(C)(C)CCC4(C)C)c2N2CN(c3cccc(Oc4ccc5c6c([2H])c([2H])c([2H])c([2H])c6n(-c6cc(C(C)(C)C)ccn6)c5c4)c3)c3ccccc32)c([2H])c1[2H]. The molecule has 0 amide bonds. The standard InChI is InChI=1S/C64H64N4O/c1-61(2,3)44-31-34-65-59(38-44)68-55-24-15-14-23-49(55)50-29-28-48(40-58(50)68)69-47-22-18-21-46(39-47)66-41-67(57-26-17-16-25-56(57)66)60-51(42-19-12-11-13-20-42)36-45(62(4,5)6)37-52(60)43-27-30-53-54(35-43)64(9,10)33-32-63(53,7)8/h11-31,34-40H,32-33,41H2,1-10H3/i11D,12D,13D,14D,15D,19D,20D,23D,24D. The van der Waals surface area contributed by atoms with Crippen LogP contribution in [0.5, 0.6) is 11.5 Å². The normalized spacial score (nSPS) is 17.2. The van der Waals surface area contributed by atoms with Gasteiger partial charge in [0, 0.05) is 45.9 Å². The van der Waals surface area contributed by atoms with Crippen molar-refractivity contribution < 1.29 is 17.1 Å². The van der Waals surface area contributed by atoms with Crippen LogP contribution in [0.1, 0.15) is 117 Å². The summed E-state index contributed by atoms with van der Waals surface area (Å²) in [6.45, 7) is 22.3. The molecule has 2 aliphatic rings. The summed E-state index contributed by atoms with van der Waals surface area (Å²) in [5.41, 5.74) is 10.7. The second kappa shape index (κ2) is 16.3. The largest absolute Gasteiger partial charge is 0.457 e. The predicted octanol–water partition coefficient (Wildman–Crippen LogP) is 17.5. The van der Waals surface area contributed by atoms with E-state index in [4.69, 9.17) is 19.3 Å². The van der Waals surface area contributed by atoms with E-state index >= 15 is 0 Å². The second-order valence-corrected chi connectivity index (χ2v) is 22.2. The smallest absolute Gasteiger partial charge is 0.137 e. The van der Waals surface area contributed by atoms with Crippen LogP contribution >= 0.6 is 0 Å². The average Bonchev–Trinajstić information content (AvgIpc) is 4.16. The van der Waals surface area contributed by atoms with Crippen LogP contribution in [0.3, 0.4) is 0 Å². The van der Waals surface area contributed by atoms with Crippen LogP contribution < -0.4 is 14.5 Å². The first-order valence-electron chi connectivity index (χ1n) is 28.5. The summed E-state index contributed by atoms with van der Waals surface area (Å²) in [5.74, 6) is 1.55. The van der Waals surface area contributed by atoms with Gasteiger partial charge in [-0.3, -0.25) is 4.57 Å². The molecule has 0 radical (unpaired) electrons. The maximum atomic E-state index is 9.44. The molecule has 5 nitrogen and oxygen atoms in total. The molecule has 0 atom stereocenters. The summed E-state index contributed by atoms with van der Waals surface area (Å²) in [7, 11) is 0. The van der Waals surface area contributed by atoms with Gasteiger partial charge in [-0.05, 0) is 135 Å². The predicted molar refractivity (Wildman–Crippen MR) is 291 cm³/mol. The molecular weight excluding hydrogens is 841 g/mol. The van der Waals surface area contributed by atoms with Gasteiger partial charge in [-0.1, -0.05) is 154 Å². The molecule has 3 heterocycles. The number of benzene rings is 7. The number of ether oxygens (including phenoxy) is 1.